The number of hydrogen-bond donors (Lipinski definition) is 2. The zero-order chi connectivity index (χ0) is 26.7. The van der Waals surface area contributed by atoms with Crippen LogP contribution in [0.25, 0.3) is 16.5 Å². The molecule has 4 rings (SSSR count). The van der Waals surface area contributed by atoms with Gasteiger partial charge in [-0.05, 0) is 70.5 Å². The number of carbonyl (C=O) groups is 1. The Balaban J connectivity index is 1.79. The number of nitrogens with one attached hydrogen (secondary N) is 1. The van der Waals surface area contributed by atoms with E-state index in [1.54, 1.807) is 30.5 Å². The topological polar surface area (TPSA) is 107 Å². The molecule has 2 aromatic carbocycles. The van der Waals surface area contributed by atoms with Crippen molar-refractivity contribution in [2.75, 3.05) is 5.32 Å². The molecule has 1 unspecified atom stereocenters. The van der Waals surface area contributed by atoms with E-state index in [0.717, 1.165) is 11.1 Å². The SMILES string of the molecule is Cc1cc(C(C)Nc2ccccc2C(=O)OC(C)(C)C)c2oc(/C(=C/N)c3ccccn3)cc(=O)c2c1. The Morgan fingerprint density at radius 1 is 1.11 bits per heavy atom. The van der Waals surface area contributed by atoms with Crippen LogP contribution in [0.2, 0.25) is 0 Å². The summed E-state index contributed by atoms with van der Waals surface area (Å²) in [5, 5.41) is 3.88. The number of hydrogen-bond acceptors (Lipinski definition) is 7. The summed E-state index contributed by atoms with van der Waals surface area (Å²) in [7, 11) is 0. The molecule has 0 aliphatic rings. The van der Waals surface area contributed by atoms with Gasteiger partial charge in [-0.1, -0.05) is 24.3 Å². The van der Waals surface area contributed by atoms with Crippen molar-refractivity contribution in [2.45, 2.75) is 46.3 Å². The van der Waals surface area contributed by atoms with Crippen molar-refractivity contribution in [1.82, 2.24) is 4.98 Å². The number of nitrogens with zero attached hydrogens (tertiary/aromatic N) is 1. The van der Waals surface area contributed by atoms with Gasteiger partial charge in [0.15, 0.2) is 5.43 Å². The molecular formula is C30H31N3O4. The highest BCUT2D eigenvalue weighted by Gasteiger charge is 2.22. The van der Waals surface area contributed by atoms with E-state index in [9.17, 15) is 9.59 Å². The first-order valence-corrected chi connectivity index (χ1v) is 12.1. The molecule has 0 saturated carbocycles. The van der Waals surface area contributed by atoms with Crippen molar-refractivity contribution in [3.8, 4) is 0 Å². The summed E-state index contributed by atoms with van der Waals surface area (Å²) >= 11 is 0. The minimum Gasteiger partial charge on any atom is -0.456 e. The molecule has 2 aromatic heterocycles. The van der Waals surface area contributed by atoms with Crippen LogP contribution in [0.5, 0.6) is 0 Å². The monoisotopic (exact) mass is 497 g/mol. The van der Waals surface area contributed by atoms with Crippen LogP contribution in [0.15, 0.2) is 82.3 Å². The second-order valence-corrected chi connectivity index (χ2v) is 9.91. The molecular weight excluding hydrogens is 466 g/mol. The Labute approximate surface area is 216 Å². The molecule has 0 aliphatic carbocycles. The summed E-state index contributed by atoms with van der Waals surface area (Å²) in [6, 6.07) is 17.5. The highest BCUT2D eigenvalue weighted by molar-refractivity contribution is 5.96. The standard InChI is InChI=1S/C30H31N3O4/c1-18-14-21(19(2)33-25-12-7-6-10-20(25)29(35)37-30(3,4)5)28-22(15-18)26(34)16-27(36-28)23(17-31)24-11-8-9-13-32-24/h6-17,19,33H,31H2,1-5H3/b23-17+. The molecule has 0 amide bonds. The number of para-hydroxylation sites is 1. The van der Waals surface area contributed by atoms with E-state index in [1.165, 1.54) is 12.3 Å². The third-order valence-corrected chi connectivity index (χ3v) is 5.76. The van der Waals surface area contributed by atoms with Crippen molar-refractivity contribution < 1.29 is 13.9 Å². The molecule has 0 spiro atoms. The molecule has 0 bridgehead atoms. The normalized spacial score (nSPS) is 12.8. The van der Waals surface area contributed by atoms with Gasteiger partial charge in [0.25, 0.3) is 0 Å². The van der Waals surface area contributed by atoms with E-state index < -0.39 is 11.6 Å². The van der Waals surface area contributed by atoms with E-state index in [4.69, 9.17) is 14.9 Å². The fraction of sp³-hybridized carbons (Fsp3) is 0.233. The third-order valence-electron chi connectivity index (χ3n) is 5.76. The van der Waals surface area contributed by atoms with Crippen LogP contribution in [-0.2, 0) is 4.74 Å². The number of benzene rings is 2. The lowest BCUT2D eigenvalue weighted by atomic mass is 10.00. The number of fused-ring (bicyclic) bond motifs is 1. The Hall–Kier alpha value is -4.39. The highest BCUT2D eigenvalue weighted by atomic mass is 16.6. The van der Waals surface area contributed by atoms with Crippen LogP contribution in [0.3, 0.4) is 0 Å². The number of nitrogens with two attached hydrogens (primary N) is 1. The highest BCUT2D eigenvalue weighted by Crippen LogP contribution is 2.31. The van der Waals surface area contributed by atoms with Crippen molar-refractivity contribution >= 4 is 28.2 Å². The molecule has 2 heterocycles. The Morgan fingerprint density at radius 3 is 2.51 bits per heavy atom. The summed E-state index contributed by atoms with van der Waals surface area (Å²) in [5.41, 5.74) is 9.40. The lowest BCUT2D eigenvalue weighted by molar-refractivity contribution is 0.00706. The molecule has 0 aliphatic heterocycles. The van der Waals surface area contributed by atoms with Crippen molar-refractivity contribution in [3.05, 3.63) is 111 Å². The van der Waals surface area contributed by atoms with E-state index in [2.05, 4.69) is 10.3 Å². The molecule has 7 nitrogen and oxygen atoms in total. The number of aryl methyl sites for hydroxylation is 1. The Kier molecular flexibility index (Phi) is 7.16. The predicted octanol–water partition coefficient (Wildman–Crippen LogP) is 5.97. The lowest BCUT2D eigenvalue weighted by Crippen LogP contribution is -2.24. The summed E-state index contributed by atoms with van der Waals surface area (Å²) in [6.07, 6.45) is 3.04. The maximum Gasteiger partial charge on any atom is 0.340 e. The first-order valence-electron chi connectivity index (χ1n) is 12.1. The van der Waals surface area contributed by atoms with Gasteiger partial charge in [0.1, 0.15) is 16.9 Å². The summed E-state index contributed by atoms with van der Waals surface area (Å²) < 4.78 is 11.9. The van der Waals surface area contributed by atoms with Gasteiger partial charge >= 0.3 is 5.97 Å². The Bertz CT molecular complexity index is 1530. The van der Waals surface area contributed by atoms with Crippen LogP contribution in [0.1, 0.15) is 66.7 Å². The fourth-order valence-corrected chi connectivity index (χ4v) is 4.14. The van der Waals surface area contributed by atoms with E-state index in [1.807, 2.05) is 65.0 Å². The molecule has 37 heavy (non-hydrogen) atoms. The molecule has 1 atom stereocenters. The molecule has 4 aromatic rings. The van der Waals surface area contributed by atoms with Gasteiger partial charge in [0, 0.05) is 29.7 Å². The average Bonchev–Trinajstić information content (AvgIpc) is 2.84. The lowest BCUT2D eigenvalue weighted by Gasteiger charge is -2.23. The number of esters is 1. The molecule has 190 valence electrons. The van der Waals surface area contributed by atoms with E-state index in [0.29, 0.717) is 39.2 Å². The average molecular weight is 498 g/mol. The van der Waals surface area contributed by atoms with Crippen LogP contribution in [0.4, 0.5) is 5.69 Å². The van der Waals surface area contributed by atoms with Crippen molar-refractivity contribution in [1.29, 1.82) is 0 Å². The first-order chi connectivity index (χ1) is 17.6. The Morgan fingerprint density at radius 2 is 1.84 bits per heavy atom. The molecule has 0 fully saturated rings. The summed E-state index contributed by atoms with van der Waals surface area (Å²) in [4.78, 5) is 30.4. The maximum atomic E-state index is 13.2. The fourth-order valence-electron chi connectivity index (χ4n) is 4.14. The van der Waals surface area contributed by atoms with Crippen molar-refractivity contribution in [3.63, 3.8) is 0 Å². The van der Waals surface area contributed by atoms with Gasteiger partial charge in [-0.2, -0.15) is 0 Å². The number of ether oxygens (including phenoxy) is 1. The molecule has 3 N–H and O–H groups in total. The van der Waals surface area contributed by atoms with Gasteiger partial charge in [-0.25, -0.2) is 4.79 Å². The molecule has 7 heteroatoms. The van der Waals surface area contributed by atoms with Crippen LogP contribution < -0.4 is 16.5 Å². The minimum atomic E-state index is -0.621. The molecule has 0 saturated heterocycles. The van der Waals surface area contributed by atoms with E-state index >= 15 is 0 Å². The zero-order valence-electron chi connectivity index (χ0n) is 21.7. The minimum absolute atomic E-state index is 0.183. The summed E-state index contributed by atoms with van der Waals surface area (Å²) in [6.45, 7) is 9.37. The van der Waals surface area contributed by atoms with Crippen LogP contribution in [-0.4, -0.2) is 16.6 Å². The van der Waals surface area contributed by atoms with Gasteiger partial charge in [-0.3, -0.25) is 9.78 Å². The van der Waals surface area contributed by atoms with Crippen molar-refractivity contribution in [2.24, 2.45) is 5.73 Å². The third kappa shape index (κ3) is 5.72. The predicted molar refractivity (Wildman–Crippen MR) is 146 cm³/mol. The smallest absolute Gasteiger partial charge is 0.340 e. The zero-order valence-corrected chi connectivity index (χ0v) is 21.7. The number of anilines is 1. The van der Waals surface area contributed by atoms with Gasteiger partial charge in [-0.15, -0.1) is 0 Å². The van der Waals surface area contributed by atoms with Crippen LogP contribution in [0, 0.1) is 6.92 Å². The molecule has 0 radical (unpaired) electrons. The quantitative estimate of drug-likeness (QED) is 0.316. The number of aromatic nitrogens is 1. The second-order valence-electron chi connectivity index (χ2n) is 9.91. The maximum absolute atomic E-state index is 13.2. The second kappa shape index (κ2) is 10.3. The first kappa shape index (κ1) is 25.7. The number of pyridine rings is 1. The number of carbonyl (C=O) groups excluding carboxylic acids is 1. The number of rotatable bonds is 6. The van der Waals surface area contributed by atoms with Crippen LogP contribution >= 0.6 is 0 Å². The van der Waals surface area contributed by atoms with E-state index in [-0.39, 0.29) is 11.5 Å². The van der Waals surface area contributed by atoms with Gasteiger partial charge in [0.2, 0.25) is 0 Å². The van der Waals surface area contributed by atoms with Gasteiger partial charge < -0.3 is 20.2 Å². The van der Waals surface area contributed by atoms with Gasteiger partial charge in [0.05, 0.1) is 28.3 Å². The summed E-state index contributed by atoms with van der Waals surface area (Å²) in [5.74, 6) is -0.0936. The largest absolute Gasteiger partial charge is 0.456 e.